The molecule has 0 radical (unpaired) electrons. The van der Waals surface area contributed by atoms with Gasteiger partial charge >= 0.3 is 0 Å². The highest BCUT2D eigenvalue weighted by Crippen LogP contribution is 2.08. The summed E-state index contributed by atoms with van der Waals surface area (Å²) in [5.74, 6) is 0. The summed E-state index contributed by atoms with van der Waals surface area (Å²) in [6, 6.07) is 5.99. The van der Waals surface area contributed by atoms with Crippen LogP contribution in [-0.2, 0) is 10.1 Å². The molecule has 1 saturated heterocycles. The fourth-order valence-electron chi connectivity index (χ4n) is 0.887. The van der Waals surface area contributed by atoms with Crippen LogP contribution in [0, 0.1) is 6.92 Å². The average molecular weight is 229 g/mol. The van der Waals surface area contributed by atoms with Crippen LogP contribution in [0.2, 0.25) is 0 Å². The van der Waals surface area contributed by atoms with E-state index in [2.05, 4.69) is 5.32 Å². The number of hydrogen-bond donors (Lipinski definition) is 2. The maximum Gasteiger partial charge on any atom is 0.294 e. The van der Waals surface area contributed by atoms with Gasteiger partial charge in [0.2, 0.25) is 0 Å². The smallest absolute Gasteiger partial charge is 0.294 e. The molecule has 0 aliphatic carbocycles. The summed E-state index contributed by atoms with van der Waals surface area (Å²) in [4.78, 5) is -0.0666. The van der Waals surface area contributed by atoms with Crippen molar-refractivity contribution in [3.63, 3.8) is 0 Å². The topological polar surface area (TPSA) is 66.4 Å². The van der Waals surface area contributed by atoms with Gasteiger partial charge in [-0.2, -0.15) is 8.42 Å². The van der Waals surface area contributed by atoms with E-state index in [0.717, 1.165) is 5.56 Å². The van der Waals surface area contributed by atoms with E-state index >= 15 is 0 Å². The molecule has 0 aromatic heterocycles. The number of hydrogen-bond acceptors (Lipinski definition) is 3. The Morgan fingerprint density at radius 2 is 1.60 bits per heavy atom. The highest BCUT2D eigenvalue weighted by atomic mass is 32.2. The van der Waals surface area contributed by atoms with Crippen molar-refractivity contribution < 1.29 is 13.0 Å². The minimum atomic E-state index is -4.02. The van der Waals surface area contributed by atoms with E-state index in [-0.39, 0.29) is 4.90 Å². The second-order valence-corrected chi connectivity index (χ2v) is 4.81. The monoisotopic (exact) mass is 229 g/mol. The Morgan fingerprint density at radius 3 is 1.87 bits per heavy atom. The first kappa shape index (κ1) is 12.2. The van der Waals surface area contributed by atoms with Crippen LogP contribution >= 0.6 is 0 Å². The van der Waals surface area contributed by atoms with Crippen molar-refractivity contribution >= 4 is 10.1 Å². The van der Waals surface area contributed by atoms with Crippen LogP contribution in [0.1, 0.15) is 12.0 Å². The second kappa shape index (κ2) is 5.25. The van der Waals surface area contributed by atoms with Gasteiger partial charge in [-0.3, -0.25) is 4.55 Å². The van der Waals surface area contributed by atoms with Crippen molar-refractivity contribution in [2.24, 2.45) is 0 Å². The number of rotatable bonds is 1. The van der Waals surface area contributed by atoms with Gasteiger partial charge in [0.15, 0.2) is 0 Å². The third-order valence-electron chi connectivity index (χ3n) is 2.03. The standard InChI is InChI=1S/C7H8O3S.C3H7N/c1-6-2-4-7(5-3-6)11(8,9)10;1-2-4-3-1/h2-5H,1H3,(H,8,9,10);4H,1-3H2. The van der Waals surface area contributed by atoms with Gasteiger partial charge in [0.25, 0.3) is 10.1 Å². The van der Waals surface area contributed by atoms with Gasteiger partial charge in [0.1, 0.15) is 0 Å². The molecule has 5 heteroatoms. The number of benzene rings is 1. The predicted molar refractivity (Wildman–Crippen MR) is 58.5 cm³/mol. The van der Waals surface area contributed by atoms with Crippen molar-refractivity contribution in [2.75, 3.05) is 13.1 Å². The molecule has 1 heterocycles. The average Bonchev–Trinajstić information content (AvgIpc) is 1.99. The van der Waals surface area contributed by atoms with E-state index in [1.54, 1.807) is 12.1 Å². The molecule has 15 heavy (non-hydrogen) atoms. The molecule has 0 amide bonds. The van der Waals surface area contributed by atoms with Gasteiger partial charge in [-0.1, -0.05) is 17.7 Å². The SMILES string of the molecule is C1CNC1.Cc1ccc(S(=O)(=O)O)cc1. The lowest BCUT2D eigenvalue weighted by atomic mass is 10.2. The molecule has 1 aromatic rings. The van der Waals surface area contributed by atoms with E-state index in [9.17, 15) is 8.42 Å². The Kier molecular flexibility index (Phi) is 4.26. The third kappa shape index (κ3) is 4.42. The predicted octanol–water partition coefficient (Wildman–Crippen LogP) is 1.22. The molecule has 4 nitrogen and oxygen atoms in total. The molecule has 1 fully saturated rings. The lowest BCUT2D eigenvalue weighted by molar-refractivity contribution is 0.483. The fourth-order valence-corrected chi connectivity index (χ4v) is 1.37. The van der Waals surface area contributed by atoms with Crippen LogP contribution in [0.3, 0.4) is 0 Å². The van der Waals surface area contributed by atoms with Crippen molar-refractivity contribution in [3.05, 3.63) is 29.8 Å². The molecule has 0 bridgehead atoms. The molecule has 1 aromatic carbocycles. The van der Waals surface area contributed by atoms with E-state index in [0.29, 0.717) is 0 Å². The van der Waals surface area contributed by atoms with E-state index in [4.69, 9.17) is 4.55 Å². The fraction of sp³-hybridized carbons (Fsp3) is 0.400. The first-order valence-corrected chi connectivity index (χ1v) is 6.19. The zero-order chi connectivity index (χ0) is 11.3. The first-order valence-electron chi connectivity index (χ1n) is 4.75. The van der Waals surface area contributed by atoms with Crippen molar-refractivity contribution in [2.45, 2.75) is 18.2 Å². The molecule has 0 unspecified atom stereocenters. The van der Waals surface area contributed by atoms with Crippen LogP contribution < -0.4 is 5.32 Å². The number of nitrogens with one attached hydrogen (secondary N) is 1. The van der Waals surface area contributed by atoms with Crippen LogP contribution in [0.15, 0.2) is 29.2 Å². The van der Waals surface area contributed by atoms with E-state index in [1.807, 2.05) is 6.92 Å². The quantitative estimate of drug-likeness (QED) is 0.711. The molecule has 0 atom stereocenters. The van der Waals surface area contributed by atoms with Gasteiger partial charge in [-0.05, 0) is 38.6 Å². The Labute approximate surface area is 90.1 Å². The Hall–Kier alpha value is -0.910. The maximum absolute atomic E-state index is 10.5. The summed E-state index contributed by atoms with van der Waals surface area (Å²) >= 11 is 0. The van der Waals surface area contributed by atoms with Crippen molar-refractivity contribution in [1.29, 1.82) is 0 Å². The van der Waals surface area contributed by atoms with Gasteiger partial charge in [0, 0.05) is 0 Å². The molecule has 2 N–H and O–H groups in total. The molecule has 1 aliphatic rings. The Balaban J connectivity index is 0.000000234. The summed E-state index contributed by atoms with van der Waals surface area (Å²) in [6.45, 7) is 4.34. The lowest BCUT2D eigenvalue weighted by Crippen LogP contribution is -2.29. The molecule has 84 valence electrons. The molecule has 0 saturated carbocycles. The van der Waals surface area contributed by atoms with E-state index < -0.39 is 10.1 Å². The second-order valence-electron chi connectivity index (χ2n) is 3.39. The van der Waals surface area contributed by atoms with Gasteiger partial charge in [-0.15, -0.1) is 0 Å². The van der Waals surface area contributed by atoms with E-state index in [1.165, 1.54) is 31.6 Å². The van der Waals surface area contributed by atoms with Crippen molar-refractivity contribution in [3.8, 4) is 0 Å². The first-order chi connectivity index (χ1) is 7.00. The molecular formula is C10H15NO3S. The summed E-state index contributed by atoms with van der Waals surface area (Å²) in [5.41, 5.74) is 0.956. The molecule has 2 rings (SSSR count). The van der Waals surface area contributed by atoms with Crippen LogP contribution in [0.4, 0.5) is 0 Å². The minimum Gasteiger partial charge on any atom is -0.317 e. The lowest BCUT2D eigenvalue weighted by Gasteiger charge is -2.09. The zero-order valence-electron chi connectivity index (χ0n) is 8.60. The normalized spacial score (nSPS) is 14.8. The highest BCUT2D eigenvalue weighted by molar-refractivity contribution is 7.85. The summed E-state index contributed by atoms with van der Waals surface area (Å²) in [5, 5.41) is 3.11. The molecular weight excluding hydrogens is 214 g/mol. The van der Waals surface area contributed by atoms with Crippen molar-refractivity contribution in [1.82, 2.24) is 5.32 Å². The van der Waals surface area contributed by atoms with Gasteiger partial charge in [-0.25, -0.2) is 0 Å². The van der Waals surface area contributed by atoms with Crippen LogP contribution in [0.5, 0.6) is 0 Å². The van der Waals surface area contributed by atoms with Crippen LogP contribution in [0.25, 0.3) is 0 Å². The summed E-state index contributed by atoms with van der Waals surface area (Å²) in [6.07, 6.45) is 1.39. The van der Waals surface area contributed by atoms with Crippen LogP contribution in [-0.4, -0.2) is 26.1 Å². The Bertz CT molecular complexity index is 389. The zero-order valence-corrected chi connectivity index (χ0v) is 9.42. The summed E-state index contributed by atoms with van der Waals surface area (Å²) < 4.78 is 29.6. The minimum absolute atomic E-state index is 0.0666. The van der Waals surface area contributed by atoms with Gasteiger partial charge in [0.05, 0.1) is 4.90 Å². The highest BCUT2D eigenvalue weighted by Gasteiger charge is 2.06. The van der Waals surface area contributed by atoms with Gasteiger partial charge < -0.3 is 5.32 Å². The molecule has 1 aliphatic heterocycles. The number of aryl methyl sites for hydroxylation is 1. The molecule has 0 spiro atoms. The summed E-state index contributed by atoms with van der Waals surface area (Å²) in [7, 11) is -4.02. The third-order valence-corrected chi connectivity index (χ3v) is 2.89. The largest absolute Gasteiger partial charge is 0.317 e. The maximum atomic E-state index is 10.5. The Morgan fingerprint density at radius 1 is 1.20 bits per heavy atom.